The molecule has 0 aliphatic carbocycles. The standard InChI is InChI=1S/C15H20N4/c1-4-19(10-13-6-5-7-14(16)8-13)15-12(3)17-9-11(2)18-15/h5-9H,4,10,16H2,1-3H3. The van der Waals surface area contributed by atoms with Crippen LogP contribution < -0.4 is 10.6 Å². The van der Waals surface area contributed by atoms with Gasteiger partial charge in [0.15, 0.2) is 5.82 Å². The van der Waals surface area contributed by atoms with Gasteiger partial charge in [-0.25, -0.2) is 4.98 Å². The van der Waals surface area contributed by atoms with Gasteiger partial charge in [0.05, 0.1) is 11.4 Å². The van der Waals surface area contributed by atoms with Crippen LogP contribution in [0.3, 0.4) is 0 Å². The number of hydrogen-bond acceptors (Lipinski definition) is 4. The molecule has 0 saturated carbocycles. The quantitative estimate of drug-likeness (QED) is 0.855. The number of nitrogens with two attached hydrogens (primary N) is 1. The van der Waals surface area contributed by atoms with Crippen LogP contribution in [0.25, 0.3) is 0 Å². The van der Waals surface area contributed by atoms with Crippen molar-refractivity contribution >= 4 is 11.5 Å². The fourth-order valence-electron chi connectivity index (χ4n) is 2.07. The monoisotopic (exact) mass is 256 g/mol. The molecule has 0 amide bonds. The zero-order valence-electron chi connectivity index (χ0n) is 11.7. The number of hydrogen-bond donors (Lipinski definition) is 1. The van der Waals surface area contributed by atoms with Crippen LogP contribution in [0.15, 0.2) is 30.5 Å². The molecule has 0 bridgehead atoms. The van der Waals surface area contributed by atoms with Crippen molar-refractivity contribution in [1.82, 2.24) is 9.97 Å². The lowest BCUT2D eigenvalue weighted by molar-refractivity contribution is 0.797. The summed E-state index contributed by atoms with van der Waals surface area (Å²) < 4.78 is 0. The van der Waals surface area contributed by atoms with Crippen molar-refractivity contribution in [3.8, 4) is 0 Å². The lowest BCUT2D eigenvalue weighted by atomic mass is 10.2. The minimum absolute atomic E-state index is 0.792. The van der Waals surface area contributed by atoms with Crippen LogP contribution in [0, 0.1) is 13.8 Å². The van der Waals surface area contributed by atoms with Gasteiger partial charge < -0.3 is 10.6 Å². The molecule has 0 unspecified atom stereocenters. The van der Waals surface area contributed by atoms with Crippen molar-refractivity contribution in [1.29, 1.82) is 0 Å². The maximum Gasteiger partial charge on any atom is 0.150 e. The maximum atomic E-state index is 5.82. The molecule has 0 radical (unpaired) electrons. The molecule has 4 heteroatoms. The van der Waals surface area contributed by atoms with Crippen LogP contribution >= 0.6 is 0 Å². The van der Waals surface area contributed by atoms with Gasteiger partial charge in [-0.05, 0) is 38.5 Å². The Morgan fingerprint density at radius 3 is 2.74 bits per heavy atom. The van der Waals surface area contributed by atoms with Crippen LogP contribution in [-0.2, 0) is 6.54 Å². The molecule has 0 atom stereocenters. The Kier molecular flexibility index (Phi) is 4.00. The third-order valence-corrected chi connectivity index (χ3v) is 3.06. The number of aromatic nitrogens is 2. The fourth-order valence-corrected chi connectivity index (χ4v) is 2.07. The molecule has 0 fully saturated rings. The Morgan fingerprint density at radius 1 is 1.26 bits per heavy atom. The predicted octanol–water partition coefficient (Wildman–Crippen LogP) is 2.70. The van der Waals surface area contributed by atoms with E-state index in [2.05, 4.69) is 27.9 Å². The Balaban J connectivity index is 2.27. The number of nitrogens with zero attached hydrogens (tertiary/aromatic N) is 3. The van der Waals surface area contributed by atoms with Gasteiger partial charge in [0, 0.05) is 25.0 Å². The largest absolute Gasteiger partial charge is 0.399 e. The van der Waals surface area contributed by atoms with Crippen molar-refractivity contribution in [3.05, 3.63) is 47.4 Å². The summed E-state index contributed by atoms with van der Waals surface area (Å²) in [5.74, 6) is 0.949. The summed E-state index contributed by atoms with van der Waals surface area (Å²) in [6, 6.07) is 7.96. The zero-order chi connectivity index (χ0) is 13.8. The average molecular weight is 256 g/mol. The summed E-state index contributed by atoms with van der Waals surface area (Å²) in [6.07, 6.45) is 1.80. The molecule has 1 aromatic carbocycles. The lowest BCUT2D eigenvalue weighted by Crippen LogP contribution is -2.24. The summed E-state index contributed by atoms with van der Waals surface area (Å²) in [5.41, 5.74) is 9.69. The van der Waals surface area contributed by atoms with E-state index in [-0.39, 0.29) is 0 Å². The number of benzene rings is 1. The first-order valence-electron chi connectivity index (χ1n) is 6.49. The van der Waals surface area contributed by atoms with E-state index >= 15 is 0 Å². The van der Waals surface area contributed by atoms with E-state index in [9.17, 15) is 0 Å². The second-order valence-corrected chi connectivity index (χ2v) is 4.68. The van der Waals surface area contributed by atoms with E-state index < -0.39 is 0 Å². The molecule has 0 spiro atoms. The smallest absolute Gasteiger partial charge is 0.150 e. The van der Waals surface area contributed by atoms with Crippen molar-refractivity contribution in [3.63, 3.8) is 0 Å². The minimum atomic E-state index is 0.792. The molecule has 1 heterocycles. The second kappa shape index (κ2) is 5.69. The topological polar surface area (TPSA) is 55.0 Å². The number of anilines is 2. The summed E-state index contributed by atoms with van der Waals surface area (Å²) in [6.45, 7) is 7.75. The van der Waals surface area contributed by atoms with E-state index in [1.165, 1.54) is 5.56 Å². The summed E-state index contributed by atoms with van der Waals surface area (Å²) in [4.78, 5) is 11.2. The molecule has 19 heavy (non-hydrogen) atoms. The van der Waals surface area contributed by atoms with E-state index in [1.54, 1.807) is 6.20 Å². The molecule has 2 aromatic rings. The number of rotatable bonds is 4. The van der Waals surface area contributed by atoms with E-state index in [1.807, 2.05) is 32.0 Å². The van der Waals surface area contributed by atoms with Gasteiger partial charge in [-0.3, -0.25) is 4.98 Å². The van der Waals surface area contributed by atoms with Crippen LogP contribution in [0.2, 0.25) is 0 Å². The molecule has 2 N–H and O–H groups in total. The van der Waals surface area contributed by atoms with Crippen LogP contribution in [0.5, 0.6) is 0 Å². The first-order chi connectivity index (χ1) is 9.10. The van der Waals surface area contributed by atoms with Gasteiger partial charge in [-0.2, -0.15) is 0 Å². The molecule has 0 saturated heterocycles. The van der Waals surface area contributed by atoms with Gasteiger partial charge in [-0.1, -0.05) is 12.1 Å². The van der Waals surface area contributed by atoms with Crippen molar-refractivity contribution in [2.24, 2.45) is 0 Å². The zero-order valence-corrected chi connectivity index (χ0v) is 11.7. The van der Waals surface area contributed by atoms with E-state index in [0.29, 0.717) is 0 Å². The maximum absolute atomic E-state index is 5.82. The SMILES string of the molecule is CCN(Cc1cccc(N)c1)c1nc(C)cnc1C. The summed E-state index contributed by atoms with van der Waals surface area (Å²) >= 11 is 0. The molecule has 1 aromatic heterocycles. The third kappa shape index (κ3) is 3.22. The van der Waals surface area contributed by atoms with Gasteiger partial charge in [0.2, 0.25) is 0 Å². The Bertz CT molecular complexity index is 566. The van der Waals surface area contributed by atoms with Crippen LogP contribution in [-0.4, -0.2) is 16.5 Å². The number of nitrogen functional groups attached to an aromatic ring is 1. The highest BCUT2D eigenvalue weighted by atomic mass is 15.2. The highest BCUT2D eigenvalue weighted by molar-refractivity contribution is 5.46. The van der Waals surface area contributed by atoms with E-state index in [4.69, 9.17) is 5.73 Å². The lowest BCUT2D eigenvalue weighted by Gasteiger charge is -2.23. The molecular weight excluding hydrogens is 236 g/mol. The van der Waals surface area contributed by atoms with E-state index in [0.717, 1.165) is 36.0 Å². The third-order valence-electron chi connectivity index (χ3n) is 3.06. The highest BCUT2D eigenvalue weighted by Crippen LogP contribution is 2.18. The fraction of sp³-hybridized carbons (Fsp3) is 0.333. The van der Waals surface area contributed by atoms with Gasteiger partial charge >= 0.3 is 0 Å². The van der Waals surface area contributed by atoms with Crippen LogP contribution in [0.4, 0.5) is 11.5 Å². The first kappa shape index (κ1) is 13.3. The van der Waals surface area contributed by atoms with Crippen molar-refractivity contribution in [2.75, 3.05) is 17.2 Å². The molecule has 100 valence electrons. The molecule has 4 nitrogen and oxygen atoms in total. The second-order valence-electron chi connectivity index (χ2n) is 4.68. The van der Waals surface area contributed by atoms with Crippen LogP contribution in [0.1, 0.15) is 23.9 Å². The Hall–Kier alpha value is -2.10. The molecular formula is C15H20N4. The number of aryl methyl sites for hydroxylation is 2. The highest BCUT2D eigenvalue weighted by Gasteiger charge is 2.11. The molecule has 2 rings (SSSR count). The summed E-state index contributed by atoms with van der Waals surface area (Å²) in [5, 5.41) is 0. The van der Waals surface area contributed by atoms with Gasteiger partial charge in [0.1, 0.15) is 0 Å². The first-order valence-corrected chi connectivity index (χ1v) is 6.49. The van der Waals surface area contributed by atoms with Crippen molar-refractivity contribution < 1.29 is 0 Å². The minimum Gasteiger partial charge on any atom is -0.399 e. The normalized spacial score (nSPS) is 10.5. The summed E-state index contributed by atoms with van der Waals surface area (Å²) in [7, 11) is 0. The van der Waals surface area contributed by atoms with Gasteiger partial charge in [0.25, 0.3) is 0 Å². The molecule has 0 aliphatic rings. The van der Waals surface area contributed by atoms with Gasteiger partial charge in [-0.15, -0.1) is 0 Å². The average Bonchev–Trinajstić information content (AvgIpc) is 2.39. The van der Waals surface area contributed by atoms with Crippen molar-refractivity contribution in [2.45, 2.75) is 27.3 Å². The molecule has 0 aliphatic heterocycles. The predicted molar refractivity (Wildman–Crippen MR) is 79.1 cm³/mol. The Morgan fingerprint density at radius 2 is 2.05 bits per heavy atom. The Labute approximate surface area is 114 Å².